The van der Waals surface area contributed by atoms with Crippen LogP contribution in [0.1, 0.15) is 340 Å². The van der Waals surface area contributed by atoms with Gasteiger partial charge in [-0.25, -0.2) is 18.0 Å². The van der Waals surface area contributed by atoms with Crippen molar-refractivity contribution in [2.75, 3.05) is 26.2 Å². The van der Waals surface area contributed by atoms with E-state index in [0.717, 1.165) is 181 Å². The molecule has 0 saturated heterocycles. The van der Waals surface area contributed by atoms with Crippen molar-refractivity contribution in [3.63, 3.8) is 0 Å². The number of carbonyl (C=O) groups excluding carboxylic acids is 5. The Kier molecular flexibility index (Phi) is 34.6. The Hall–Kier alpha value is -5.45. The van der Waals surface area contributed by atoms with Crippen LogP contribution in [0.15, 0.2) is 55.0 Å². The van der Waals surface area contributed by atoms with Crippen molar-refractivity contribution in [3.05, 3.63) is 153 Å². The zero-order valence-corrected chi connectivity index (χ0v) is 82.3. The summed E-state index contributed by atoms with van der Waals surface area (Å²) in [6.07, 6.45) is 22.8. The maximum absolute atomic E-state index is 14.4. The predicted molar refractivity (Wildman–Crippen MR) is 491 cm³/mol. The number of aromatic carboxylic acids is 1. The van der Waals surface area contributed by atoms with E-state index in [0.29, 0.717) is 50.9 Å². The third-order valence-electron chi connectivity index (χ3n) is 29.4. The first-order valence-corrected chi connectivity index (χ1v) is 51.9. The van der Waals surface area contributed by atoms with Gasteiger partial charge in [0, 0.05) is 57.4 Å². The predicted octanol–water partition coefficient (Wildman–Crippen LogP) is 26.4. The molecule has 6 saturated carbocycles. The van der Waals surface area contributed by atoms with Gasteiger partial charge in [0.2, 0.25) is 0 Å². The summed E-state index contributed by atoms with van der Waals surface area (Å²) >= 11 is 38.4. The van der Waals surface area contributed by atoms with Gasteiger partial charge in [0.15, 0.2) is 16.6 Å². The fourth-order valence-electron chi connectivity index (χ4n) is 18.3. The molecule has 3 aromatic carbocycles. The Bertz CT molecular complexity index is 4640. The van der Waals surface area contributed by atoms with Gasteiger partial charge in [-0.15, -0.1) is 0 Å². The Morgan fingerprint density at radius 1 is 0.447 bits per heavy atom. The summed E-state index contributed by atoms with van der Waals surface area (Å²) in [5.74, 6) is -2.04. The second-order valence-electron chi connectivity index (χ2n) is 38.4. The van der Waals surface area contributed by atoms with Crippen LogP contribution in [0.25, 0.3) is 0 Å². The van der Waals surface area contributed by atoms with Crippen LogP contribution in [-0.2, 0) is 23.2 Å². The second-order valence-corrected chi connectivity index (χ2v) is 50.3. The molecule has 6 aliphatic rings. The Balaban J connectivity index is 0.000000194. The van der Waals surface area contributed by atoms with Crippen molar-refractivity contribution in [1.29, 1.82) is 0 Å². The normalized spacial score (nSPS) is 22.6. The van der Waals surface area contributed by atoms with Crippen molar-refractivity contribution in [2.24, 2.45) is 32.5 Å². The summed E-state index contributed by atoms with van der Waals surface area (Å²) in [6, 6.07) is 13.9. The van der Waals surface area contributed by atoms with Crippen molar-refractivity contribution in [3.8, 4) is 0 Å². The lowest BCUT2D eigenvalue weighted by atomic mass is 9.71. The summed E-state index contributed by atoms with van der Waals surface area (Å²) in [5.41, 5.74) is 4.94. The molecular formula is C94H133Cl6F3N8O10Si2. The largest absolute Gasteiger partial charge is 0.478 e. The number of aromatic nitrogens is 6. The van der Waals surface area contributed by atoms with E-state index in [1.807, 2.05) is 46.6 Å². The molecule has 0 spiro atoms. The van der Waals surface area contributed by atoms with E-state index in [-0.39, 0.29) is 125 Å². The lowest BCUT2D eigenvalue weighted by Gasteiger charge is -2.37. The lowest BCUT2D eigenvalue weighted by molar-refractivity contribution is -0.128. The highest BCUT2D eigenvalue weighted by molar-refractivity contribution is 6.74. The summed E-state index contributed by atoms with van der Waals surface area (Å²) in [4.78, 5) is 78.5. The number of rotatable bonds is 34. The number of hydrogen-bond donors (Lipinski definition) is 2. The first-order valence-electron chi connectivity index (χ1n) is 44.6. The smallest absolute Gasteiger partial charge is 0.339 e. The molecular weight excluding hydrogens is 1730 g/mol. The van der Waals surface area contributed by atoms with Crippen LogP contribution in [0, 0.1) is 70.7 Å². The standard InChI is InChI=1S/C33H48Cl2FN3O3Si.C27H34Cl2FN3O3.C20H31Cl2FOSi.C14H20N2O3/c1-8-43(9-2,10-3)42-29(30-27(34)17-24(36)18-28(30)35)20-38(21-32(6)15-16-32)31(41)26-19-37-39(22(26)4)25-11-13-33(7,14-12-25)23(5)40;1-16-20(13-31-33(16)19-5-7-27(4,8-6-19)17(2)34)25(36)32(15-26(3)9-10-26)14-23(35)24-21(28)11-18(30)12-22(24)29;1-5-25(6-2,7-3)24-18(9-8-10-20(4)11-12-20)19-16(21)13-15(23)14-17(19)22;1-9-12(13(18)19)8-15-16(9)11-4-6-14(3,7-5-11)10(2)17/h17-19,25,29H,8-16,20-21H2,1-7H3;11-13,19,23,35H,5-10,14-15H2,1-4H3;13-14,18H,5-12H2,1-4H3;8,11H,4-7H2,1-3H3,(H,18,19). The number of hydrogen-bond acceptors (Lipinski definition) is 12. The van der Waals surface area contributed by atoms with Gasteiger partial charge in [-0.2, -0.15) is 15.3 Å². The van der Waals surface area contributed by atoms with Crippen molar-refractivity contribution < 1.29 is 61.0 Å². The van der Waals surface area contributed by atoms with E-state index in [9.17, 15) is 47.0 Å². The van der Waals surface area contributed by atoms with Crippen LogP contribution in [0.4, 0.5) is 13.2 Å². The van der Waals surface area contributed by atoms with Gasteiger partial charge in [-0.3, -0.25) is 38.0 Å². The molecule has 29 heteroatoms. The molecule has 6 aromatic rings. The number of nitrogens with zero attached hydrogens (tertiary/aromatic N) is 8. The van der Waals surface area contributed by atoms with Gasteiger partial charge in [0.1, 0.15) is 40.4 Å². The molecule has 0 bridgehead atoms. The highest BCUT2D eigenvalue weighted by Crippen LogP contribution is 2.53. The number of aliphatic hydroxyl groups excluding tert-OH is 1. The zero-order valence-electron chi connectivity index (χ0n) is 75.7. The molecule has 2 amide bonds. The number of benzene rings is 3. The number of carbonyl (C=O) groups is 6. The highest BCUT2D eigenvalue weighted by Gasteiger charge is 2.47. The van der Waals surface area contributed by atoms with E-state index < -0.39 is 52.3 Å². The third-order valence-corrected chi connectivity index (χ3v) is 40.6. The number of carboxylic acid groups (broad SMARTS) is 1. The highest BCUT2D eigenvalue weighted by atomic mass is 35.5. The molecule has 3 unspecified atom stereocenters. The third kappa shape index (κ3) is 25.0. The van der Waals surface area contributed by atoms with Crippen LogP contribution in [0.2, 0.25) is 66.4 Å². The fourth-order valence-corrected chi connectivity index (χ4v) is 26.0. The quantitative estimate of drug-likeness (QED) is 0.0359. The number of Topliss-reactive ketones (excluding diaryl/α,β-unsaturated/α-hetero) is 3. The van der Waals surface area contributed by atoms with Gasteiger partial charge in [0.05, 0.1) is 115 Å². The molecule has 3 atom stereocenters. The lowest BCUT2D eigenvalue weighted by Crippen LogP contribution is -2.44. The Labute approximate surface area is 760 Å². The Morgan fingerprint density at radius 3 is 1.01 bits per heavy atom. The van der Waals surface area contributed by atoms with Gasteiger partial charge < -0.3 is 28.9 Å². The van der Waals surface area contributed by atoms with Crippen LogP contribution in [0.5, 0.6) is 0 Å². The van der Waals surface area contributed by atoms with Gasteiger partial charge >= 0.3 is 5.97 Å². The minimum atomic E-state index is -2.19. The number of halogens is 9. The molecule has 0 radical (unpaired) electrons. The minimum Gasteiger partial charge on any atom is -0.478 e. The molecule has 18 nitrogen and oxygen atoms in total. The maximum atomic E-state index is 14.4. The molecule has 12 rings (SSSR count). The van der Waals surface area contributed by atoms with Crippen LogP contribution in [0.3, 0.4) is 0 Å². The summed E-state index contributed by atoms with van der Waals surface area (Å²) < 4.78 is 61.0. The summed E-state index contributed by atoms with van der Waals surface area (Å²) in [7, 11) is -4.00. The van der Waals surface area contributed by atoms with E-state index >= 15 is 0 Å². The van der Waals surface area contributed by atoms with Crippen LogP contribution in [-0.4, -0.2) is 127 Å². The van der Waals surface area contributed by atoms with Crippen molar-refractivity contribution >= 4 is 121 Å². The number of ketones is 3. The van der Waals surface area contributed by atoms with Gasteiger partial charge in [0.25, 0.3) is 11.8 Å². The minimum absolute atomic E-state index is 0.00379. The van der Waals surface area contributed by atoms with Gasteiger partial charge in [-0.05, 0) is 259 Å². The maximum Gasteiger partial charge on any atom is 0.339 e. The summed E-state index contributed by atoms with van der Waals surface area (Å²) in [6.45, 7) is 37.8. The Morgan fingerprint density at radius 2 is 0.724 bits per heavy atom. The number of aliphatic hydroxyl groups is 1. The van der Waals surface area contributed by atoms with E-state index in [4.69, 9.17) is 88.7 Å². The molecule has 2 N–H and O–H groups in total. The monoisotopic (exact) mass is 1860 g/mol. The zero-order chi connectivity index (χ0) is 91.0. The molecule has 3 heterocycles. The van der Waals surface area contributed by atoms with E-state index in [1.165, 1.54) is 49.7 Å². The van der Waals surface area contributed by atoms with Crippen LogP contribution >= 0.6 is 69.6 Å². The molecule has 3 aromatic heterocycles. The molecule has 6 fully saturated rings. The fraction of sp³-hybridized carbons (Fsp3) is 0.649. The topological polar surface area (TPSA) is 221 Å². The molecule has 6 aliphatic carbocycles. The number of carboxylic acids is 1. The average molecular weight is 1860 g/mol. The molecule has 680 valence electrons. The summed E-state index contributed by atoms with van der Waals surface area (Å²) in [5, 5.41) is 34.7. The SMILES string of the molecule is CC(=O)C1(C)CCC(n2ncc(C(=O)N(CC(O)c3c(Cl)cc(F)cc3Cl)CC3(C)CC3)c2C)CC1.CC(=O)C1(C)CCC(n2ncc(C(=O)O)c2C)CC1.CC[Si](CC)(CC)OC(CCCC1(C)CC1)c1c(Cl)cc(F)cc1Cl.CC[Si](CC)(CC)OC(CN(CC1(C)CC1)C(=O)c1cnn(C2CCC(C)(C(C)=O)CC2)c1C)c1c(Cl)cc(F)cc1Cl. The van der Waals surface area contributed by atoms with Crippen LogP contribution < -0.4 is 0 Å². The molecule has 0 aliphatic heterocycles. The van der Waals surface area contributed by atoms with Crippen molar-refractivity contribution in [1.82, 2.24) is 39.1 Å². The van der Waals surface area contributed by atoms with Gasteiger partial charge in [-0.1, -0.05) is 159 Å². The van der Waals surface area contributed by atoms with Crippen molar-refractivity contribution in [2.45, 2.75) is 332 Å². The second kappa shape index (κ2) is 42.0. The number of amides is 2. The van der Waals surface area contributed by atoms with E-state index in [2.05, 4.69) is 79.4 Å². The average Bonchev–Trinajstić information content (AvgIpc) is 1.58. The first kappa shape index (κ1) is 101. The first-order chi connectivity index (χ1) is 57.7. The van der Waals surface area contributed by atoms with E-state index in [1.54, 1.807) is 45.0 Å². The molecule has 123 heavy (non-hydrogen) atoms.